The van der Waals surface area contributed by atoms with Gasteiger partial charge in [-0.2, -0.15) is 0 Å². The van der Waals surface area contributed by atoms with E-state index in [-0.39, 0.29) is 0 Å². The van der Waals surface area contributed by atoms with Gasteiger partial charge in [0.25, 0.3) is 0 Å². The fraction of sp³-hybridized carbons (Fsp3) is 0.444. The van der Waals surface area contributed by atoms with Crippen LogP contribution in [0.2, 0.25) is 0 Å². The molecule has 2 rings (SSSR count). The molecule has 0 bridgehead atoms. The molecule has 1 heteroatoms. The summed E-state index contributed by atoms with van der Waals surface area (Å²) in [5.74, 6) is 0. The molecule has 0 amide bonds. The van der Waals surface area contributed by atoms with Gasteiger partial charge in [0.2, 0.25) is 0 Å². The van der Waals surface area contributed by atoms with E-state index in [9.17, 15) is 0 Å². The Morgan fingerprint density at radius 1 is 0.895 bits per heavy atom. The van der Waals surface area contributed by atoms with Crippen molar-refractivity contribution in [2.75, 3.05) is 13.6 Å². The molecule has 0 unspecified atom stereocenters. The Bertz CT molecular complexity index is 446. The van der Waals surface area contributed by atoms with Crippen LogP contribution < -0.4 is 0 Å². The molecule has 1 aliphatic heterocycles. The van der Waals surface area contributed by atoms with Crippen molar-refractivity contribution in [1.29, 1.82) is 0 Å². The smallest absolute Gasteiger partial charge is 0.0175 e. The average Bonchev–Trinajstić information content (AvgIpc) is 2.98. The predicted octanol–water partition coefficient (Wildman–Crippen LogP) is 4.76. The van der Waals surface area contributed by atoms with Crippen LogP contribution in [0.25, 0.3) is 0 Å². The molecule has 0 saturated carbocycles. The number of rotatable bonds is 4. The van der Waals surface area contributed by atoms with Crippen molar-refractivity contribution in [3.63, 3.8) is 0 Å². The molecule has 1 heterocycles. The normalized spacial score (nSPS) is 23.3. The summed E-state index contributed by atoms with van der Waals surface area (Å²) >= 11 is 0. The lowest BCUT2D eigenvalue weighted by atomic mass is 10.1. The van der Waals surface area contributed by atoms with Crippen molar-refractivity contribution in [2.24, 2.45) is 0 Å². The Kier molecular flexibility index (Phi) is 5.26. The van der Waals surface area contributed by atoms with E-state index in [4.69, 9.17) is 0 Å². The fourth-order valence-electron chi connectivity index (χ4n) is 2.72. The van der Waals surface area contributed by atoms with Crippen LogP contribution in [0.4, 0.5) is 0 Å². The van der Waals surface area contributed by atoms with E-state index in [2.05, 4.69) is 61.4 Å². The van der Waals surface area contributed by atoms with Crippen molar-refractivity contribution in [3.05, 3.63) is 59.4 Å². The van der Waals surface area contributed by atoms with Gasteiger partial charge < -0.3 is 4.90 Å². The minimum Gasteiger partial charge on any atom is -0.378 e. The van der Waals surface area contributed by atoms with Gasteiger partial charge >= 0.3 is 0 Å². The van der Waals surface area contributed by atoms with Crippen molar-refractivity contribution < 1.29 is 0 Å². The topological polar surface area (TPSA) is 3.24 Å². The molecule has 0 aromatic heterocycles. The van der Waals surface area contributed by atoms with Crippen LogP contribution in [0, 0.1) is 0 Å². The summed E-state index contributed by atoms with van der Waals surface area (Å²) in [5.41, 5.74) is 4.55. The summed E-state index contributed by atoms with van der Waals surface area (Å²) < 4.78 is 0. The van der Waals surface area contributed by atoms with Gasteiger partial charge in [-0.05, 0) is 50.7 Å². The third kappa shape index (κ3) is 4.27. The number of nitrogens with zero attached hydrogens (tertiary/aromatic N) is 1. The van der Waals surface area contributed by atoms with Crippen LogP contribution in [-0.4, -0.2) is 18.5 Å². The van der Waals surface area contributed by atoms with E-state index in [1.54, 1.807) is 5.57 Å². The Balaban J connectivity index is 1.77. The highest BCUT2D eigenvalue weighted by molar-refractivity contribution is 5.30. The molecule has 0 N–H and O–H groups in total. The number of likely N-dealkylation sites (tertiary alicyclic amines) is 1. The molecule has 1 saturated heterocycles. The zero-order valence-electron chi connectivity index (χ0n) is 12.2. The maximum absolute atomic E-state index is 2.34. The Morgan fingerprint density at radius 2 is 1.68 bits per heavy atom. The first-order chi connectivity index (χ1) is 9.27. The van der Waals surface area contributed by atoms with Gasteiger partial charge in [0.05, 0.1) is 0 Å². The number of hydrogen-bond donors (Lipinski definition) is 0. The third-order valence-corrected chi connectivity index (χ3v) is 3.99. The Hall–Kier alpha value is -1.50. The Labute approximate surface area is 117 Å². The maximum atomic E-state index is 2.34. The van der Waals surface area contributed by atoms with Crippen LogP contribution in [0.5, 0.6) is 0 Å². The molecule has 102 valence electrons. The summed E-state index contributed by atoms with van der Waals surface area (Å²) in [6, 6.07) is 0. The summed E-state index contributed by atoms with van der Waals surface area (Å²) in [6.07, 6.45) is 21.5. The molecular formula is C18H25N. The Morgan fingerprint density at radius 3 is 2.37 bits per heavy atom. The molecular weight excluding hydrogens is 230 g/mol. The van der Waals surface area contributed by atoms with Gasteiger partial charge in [0.15, 0.2) is 0 Å². The highest BCUT2D eigenvalue weighted by atomic mass is 15.1. The second kappa shape index (κ2) is 7.18. The summed E-state index contributed by atoms with van der Waals surface area (Å²) in [5, 5.41) is 0. The largest absolute Gasteiger partial charge is 0.378 e. The van der Waals surface area contributed by atoms with Gasteiger partial charge in [0.1, 0.15) is 0 Å². The average molecular weight is 255 g/mol. The third-order valence-electron chi connectivity index (χ3n) is 3.99. The molecule has 0 aromatic rings. The van der Waals surface area contributed by atoms with Crippen LogP contribution in [0.15, 0.2) is 59.4 Å². The van der Waals surface area contributed by atoms with E-state index < -0.39 is 0 Å². The monoisotopic (exact) mass is 255 g/mol. The van der Waals surface area contributed by atoms with Crippen molar-refractivity contribution in [3.8, 4) is 0 Å². The van der Waals surface area contributed by atoms with Gasteiger partial charge in [-0.1, -0.05) is 42.0 Å². The van der Waals surface area contributed by atoms with Crippen LogP contribution in [0.1, 0.15) is 39.0 Å². The molecule has 0 radical (unpaired) electrons. The maximum Gasteiger partial charge on any atom is 0.0175 e. The van der Waals surface area contributed by atoms with E-state index in [1.807, 2.05) is 0 Å². The minimum atomic E-state index is 1.20. The van der Waals surface area contributed by atoms with Gasteiger partial charge in [-0.15, -0.1) is 0 Å². The number of allylic oxidation sites excluding steroid dienone is 10. The molecule has 2 aliphatic rings. The fourth-order valence-corrected chi connectivity index (χ4v) is 2.72. The van der Waals surface area contributed by atoms with E-state index in [0.717, 1.165) is 0 Å². The standard InChI is InChI=1S/C18H25N/c1-16-10-8-12-17(16)11-6-4-3-5-7-13-18-14-9-15-19(18)2/h3-7,11,13H,8-10,12,14-15H2,1-2H3/b4-3+,7-5+,11-6+,18-13+. The van der Waals surface area contributed by atoms with E-state index >= 15 is 0 Å². The molecule has 0 aromatic carbocycles. The summed E-state index contributed by atoms with van der Waals surface area (Å²) in [4.78, 5) is 2.34. The highest BCUT2D eigenvalue weighted by Gasteiger charge is 2.10. The summed E-state index contributed by atoms with van der Waals surface area (Å²) in [7, 11) is 2.17. The molecule has 1 aliphatic carbocycles. The van der Waals surface area contributed by atoms with Crippen LogP contribution in [0.3, 0.4) is 0 Å². The lowest BCUT2D eigenvalue weighted by molar-refractivity contribution is 0.481. The first-order valence-electron chi connectivity index (χ1n) is 7.38. The molecule has 1 fully saturated rings. The van der Waals surface area contributed by atoms with Gasteiger partial charge in [0, 0.05) is 19.3 Å². The second-order valence-electron chi connectivity index (χ2n) is 5.47. The summed E-state index contributed by atoms with van der Waals surface area (Å²) in [6.45, 7) is 3.45. The van der Waals surface area contributed by atoms with Crippen LogP contribution >= 0.6 is 0 Å². The molecule has 0 spiro atoms. The van der Waals surface area contributed by atoms with Crippen molar-refractivity contribution >= 4 is 0 Å². The lowest BCUT2D eigenvalue weighted by Gasteiger charge is -2.10. The SMILES string of the molecule is CC1=C(/C=C/C=C/C=C/C=C2\CCCN2C)CCC1. The van der Waals surface area contributed by atoms with Crippen molar-refractivity contribution in [2.45, 2.75) is 39.0 Å². The zero-order chi connectivity index (χ0) is 13.5. The van der Waals surface area contributed by atoms with Gasteiger partial charge in [-0.3, -0.25) is 0 Å². The minimum absolute atomic E-state index is 1.20. The van der Waals surface area contributed by atoms with Crippen molar-refractivity contribution in [1.82, 2.24) is 4.90 Å². The van der Waals surface area contributed by atoms with Gasteiger partial charge in [-0.25, -0.2) is 0 Å². The molecule has 0 atom stereocenters. The predicted molar refractivity (Wildman–Crippen MR) is 83.9 cm³/mol. The number of hydrogen-bond acceptors (Lipinski definition) is 1. The first-order valence-corrected chi connectivity index (χ1v) is 7.38. The lowest BCUT2D eigenvalue weighted by Crippen LogP contribution is -2.09. The molecule has 1 nitrogen and oxygen atoms in total. The quantitative estimate of drug-likeness (QED) is 0.654. The van der Waals surface area contributed by atoms with E-state index in [1.165, 1.54) is 49.9 Å². The first kappa shape index (κ1) is 13.9. The van der Waals surface area contributed by atoms with E-state index in [0.29, 0.717) is 0 Å². The molecule has 19 heavy (non-hydrogen) atoms. The van der Waals surface area contributed by atoms with Crippen LogP contribution in [-0.2, 0) is 0 Å². The highest BCUT2D eigenvalue weighted by Crippen LogP contribution is 2.26. The zero-order valence-corrected chi connectivity index (χ0v) is 12.2. The second-order valence-corrected chi connectivity index (χ2v) is 5.47.